The van der Waals surface area contributed by atoms with Gasteiger partial charge in [0.05, 0.1) is 12.5 Å². The van der Waals surface area contributed by atoms with Crippen LogP contribution in [0.5, 0.6) is 0 Å². The van der Waals surface area contributed by atoms with Gasteiger partial charge < -0.3 is 15.3 Å². The molecule has 0 radical (unpaired) electrons. The zero-order chi connectivity index (χ0) is 15.4. The van der Waals surface area contributed by atoms with E-state index in [1.807, 2.05) is 0 Å². The summed E-state index contributed by atoms with van der Waals surface area (Å²) < 4.78 is 0. The highest BCUT2D eigenvalue weighted by Gasteiger charge is 2.20. The van der Waals surface area contributed by atoms with Crippen molar-refractivity contribution in [2.75, 3.05) is 20.1 Å². The van der Waals surface area contributed by atoms with E-state index in [-0.39, 0.29) is 18.4 Å². The Morgan fingerprint density at radius 2 is 1.90 bits per heavy atom. The summed E-state index contributed by atoms with van der Waals surface area (Å²) in [6.45, 7) is 1.97. The second-order valence-corrected chi connectivity index (χ2v) is 6.44. The van der Waals surface area contributed by atoms with Crippen LogP contribution in [-0.4, -0.2) is 42.1 Å². The summed E-state index contributed by atoms with van der Waals surface area (Å²) in [5.74, 6) is -0.145. The van der Waals surface area contributed by atoms with E-state index in [1.165, 1.54) is 0 Å². The molecule has 21 heavy (non-hydrogen) atoms. The molecule has 4 nitrogen and oxygen atoms in total. The molecule has 1 aromatic rings. The van der Waals surface area contributed by atoms with Crippen LogP contribution in [0.2, 0.25) is 10.0 Å². The number of carbonyl (C=O) groups excluding carboxylic acids is 1. The second kappa shape index (κ2) is 7.45. The number of piperidine rings is 1. The minimum atomic E-state index is -0.896. The number of hydrogen-bond donors (Lipinski definition) is 2. The number of benzene rings is 1. The Hall–Kier alpha value is -0.810. The van der Waals surface area contributed by atoms with Gasteiger partial charge in [0, 0.05) is 16.1 Å². The van der Waals surface area contributed by atoms with Crippen LogP contribution in [-0.2, 0) is 4.79 Å². The fourth-order valence-corrected chi connectivity index (χ4v) is 3.04. The third-order valence-corrected chi connectivity index (χ3v) is 4.17. The predicted molar refractivity (Wildman–Crippen MR) is 84.7 cm³/mol. The molecular formula is C15H20Cl2N2O2. The van der Waals surface area contributed by atoms with Crippen LogP contribution < -0.4 is 5.32 Å². The summed E-state index contributed by atoms with van der Waals surface area (Å²) in [6, 6.07) is 5.05. The van der Waals surface area contributed by atoms with Crippen molar-refractivity contribution in [3.63, 3.8) is 0 Å². The summed E-state index contributed by atoms with van der Waals surface area (Å²) in [5, 5.41) is 14.0. The topological polar surface area (TPSA) is 52.6 Å². The van der Waals surface area contributed by atoms with Gasteiger partial charge >= 0.3 is 0 Å². The summed E-state index contributed by atoms with van der Waals surface area (Å²) in [4.78, 5) is 14.2. The molecule has 116 valence electrons. The van der Waals surface area contributed by atoms with Crippen molar-refractivity contribution in [2.24, 2.45) is 0 Å². The molecule has 0 bridgehead atoms. The maximum absolute atomic E-state index is 12.0. The molecule has 1 aromatic carbocycles. The molecular weight excluding hydrogens is 311 g/mol. The zero-order valence-corrected chi connectivity index (χ0v) is 13.5. The number of amides is 1. The lowest BCUT2D eigenvalue weighted by Crippen LogP contribution is -2.43. The van der Waals surface area contributed by atoms with Crippen LogP contribution >= 0.6 is 23.2 Å². The number of nitrogens with one attached hydrogen (secondary N) is 1. The van der Waals surface area contributed by atoms with Crippen molar-refractivity contribution in [1.29, 1.82) is 0 Å². The van der Waals surface area contributed by atoms with Gasteiger partial charge in [-0.15, -0.1) is 0 Å². The molecule has 1 amide bonds. The molecule has 1 fully saturated rings. The number of aliphatic hydroxyl groups excluding tert-OH is 1. The zero-order valence-electron chi connectivity index (χ0n) is 12.0. The van der Waals surface area contributed by atoms with Gasteiger partial charge in [-0.05, 0) is 56.7 Å². The Morgan fingerprint density at radius 1 is 1.33 bits per heavy atom. The number of likely N-dealkylation sites (tertiary alicyclic amines) is 1. The summed E-state index contributed by atoms with van der Waals surface area (Å²) in [6.07, 6.45) is 1.01. The van der Waals surface area contributed by atoms with Crippen molar-refractivity contribution >= 4 is 29.1 Å². The average molecular weight is 331 g/mol. The third kappa shape index (κ3) is 5.15. The number of nitrogens with zero attached hydrogens (tertiary/aromatic N) is 1. The molecule has 2 rings (SSSR count). The lowest BCUT2D eigenvalue weighted by molar-refractivity contribution is -0.124. The van der Waals surface area contributed by atoms with E-state index in [9.17, 15) is 9.90 Å². The first-order valence-corrected chi connectivity index (χ1v) is 7.81. The molecule has 1 heterocycles. The molecule has 1 saturated heterocycles. The van der Waals surface area contributed by atoms with Gasteiger partial charge in [0.2, 0.25) is 5.91 Å². The van der Waals surface area contributed by atoms with Crippen LogP contribution in [0.15, 0.2) is 18.2 Å². The predicted octanol–water partition coefficient (Wildman–Crippen LogP) is 2.63. The Labute approximate surface area is 135 Å². The van der Waals surface area contributed by atoms with E-state index < -0.39 is 6.10 Å². The first kappa shape index (κ1) is 16.6. The first-order valence-electron chi connectivity index (χ1n) is 7.06. The Balaban J connectivity index is 1.87. The van der Waals surface area contributed by atoms with Crippen LogP contribution in [0.4, 0.5) is 0 Å². The molecule has 1 atom stereocenters. The number of aliphatic hydroxyl groups is 1. The molecule has 6 heteroatoms. The molecule has 1 unspecified atom stereocenters. The summed E-state index contributed by atoms with van der Waals surface area (Å²) in [5.41, 5.74) is 0.561. The monoisotopic (exact) mass is 330 g/mol. The molecule has 0 aliphatic carbocycles. The molecule has 1 aliphatic rings. The largest absolute Gasteiger partial charge is 0.388 e. The summed E-state index contributed by atoms with van der Waals surface area (Å²) in [7, 11) is 2.07. The van der Waals surface area contributed by atoms with Crippen molar-refractivity contribution in [1.82, 2.24) is 10.2 Å². The Morgan fingerprint density at radius 3 is 2.48 bits per heavy atom. The minimum absolute atomic E-state index is 0.0169. The van der Waals surface area contributed by atoms with Gasteiger partial charge in [-0.25, -0.2) is 0 Å². The first-order chi connectivity index (χ1) is 9.94. The second-order valence-electron chi connectivity index (χ2n) is 5.57. The van der Waals surface area contributed by atoms with Gasteiger partial charge in [-0.3, -0.25) is 4.79 Å². The summed E-state index contributed by atoms with van der Waals surface area (Å²) >= 11 is 11.8. The number of carbonyl (C=O) groups is 1. The van der Waals surface area contributed by atoms with Crippen LogP contribution in [0.25, 0.3) is 0 Å². The molecule has 0 saturated carbocycles. The molecule has 0 aromatic heterocycles. The van der Waals surface area contributed by atoms with Gasteiger partial charge in [-0.1, -0.05) is 23.2 Å². The maximum Gasteiger partial charge on any atom is 0.223 e. The van der Waals surface area contributed by atoms with Crippen LogP contribution in [0.1, 0.15) is 30.9 Å². The highest BCUT2D eigenvalue weighted by molar-refractivity contribution is 6.34. The lowest BCUT2D eigenvalue weighted by Gasteiger charge is -2.29. The highest BCUT2D eigenvalue weighted by atomic mass is 35.5. The lowest BCUT2D eigenvalue weighted by atomic mass is 10.0. The smallest absolute Gasteiger partial charge is 0.223 e. The molecule has 0 spiro atoms. The quantitative estimate of drug-likeness (QED) is 0.892. The maximum atomic E-state index is 12.0. The van der Waals surface area contributed by atoms with E-state index in [1.54, 1.807) is 18.2 Å². The Bertz CT molecular complexity index is 482. The van der Waals surface area contributed by atoms with Crippen molar-refractivity contribution in [2.45, 2.75) is 31.4 Å². The van der Waals surface area contributed by atoms with E-state index in [0.29, 0.717) is 15.6 Å². The SMILES string of the molecule is CN1CCC(NC(=O)CC(O)c2cc(Cl)cc(Cl)c2)CC1. The van der Waals surface area contributed by atoms with Gasteiger partial charge in [-0.2, -0.15) is 0 Å². The van der Waals surface area contributed by atoms with Crippen molar-refractivity contribution in [3.8, 4) is 0 Å². The van der Waals surface area contributed by atoms with E-state index in [4.69, 9.17) is 23.2 Å². The number of hydrogen-bond acceptors (Lipinski definition) is 3. The van der Waals surface area contributed by atoms with E-state index >= 15 is 0 Å². The minimum Gasteiger partial charge on any atom is -0.388 e. The molecule has 2 N–H and O–H groups in total. The average Bonchev–Trinajstić information content (AvgIpc) is 2.40. The fraction of sp³-hybridized carbons (Fsp3) is 0.533. The van der Waals surface area contributed by atoms with Gasteiger partial charge in [0.25, 0.3) is 0 Å². The standard InChI is InChI=1S/C15H20Cl2N2O2/c1-19-4-2-13(3-5-19)18-15(21)9-14(20)10-6-11(16)8-12(17)7-10/h6-8,13-14,20H,2-5,9H2,1H3,(H,18,21). The number of rotatable bonds is 4. The van der Waals surface area contributed by atoms with Crippen molar-refractivity contribution in [3.05, 3.63) is 33.8 Å². The van der Waals surface area contributed by atoms with Crippen LogP contribution in [0.3, 0.4) is 0 Å². The third-order valence-electron chi connectivity index (χ3n) is 3.73. The van der Waals surface area contributed by atoms with Gasteiger partial charge in [0.15, 0.2) is 0 Å². The molecule has 1 aliphatic heterocycles. The van der Waals surface area contributed by atoms with E-state index in [2.05, 4.69) is 17.3 Å². The normalized spacial score (nSPS) is 18.5. The van der Waals surface area contributed by atoms with Crippen LogP contribution in [0, 0.1) is 0 Å². The number of halogens is 2. The van der Waals surface area contributed by atoms with Gasteiger partial charge in [0.1, 0.15) is 0 Å². The van der Waals surface area contributed by atoms with Crippen molar-refractivity contribution < 1.29 is 9.90 Å². The highest BCUT2D eigenvalue weighted by Crippen LogP contribution is 2.25. The fourth-order valence-electron chi connectivity index (χ4n) is 2.50. The Kier molecular flexibility index (Phi) is 5.88. The van der Waals surface area contributed by atoms with E-state index in [0.717, 1.165) is 25.9 Å².